The topological polar surface area (TPSA) is 204 Å². The highest BCUT2D eigenvalue weighted by molar-refractivity contribution is 5.90. The van der Waals surface area contributed by atoms with Crippen molar-refractivity contribution in [3.8, 4) is 34.2 Å². The number of pyridine rings is 6. The summed E-state index contributed by atoms with van der Waals surface area (Å²) in [6.45, 7) is 2.21. The van der Waals surface area contributed by atoms with E-state index in [0.29, 0.717) is 73.4 Å². The van der Waals surface area contributed by atoms with E-state index >= 15 is 0 Å². The molecule has 0 aromatic carbocycles. The molecule has 0 unspecified atom stereocenters. The van der Waals surface area contributed by atoms with E-state index in [2.05, 4.69) is 61.8 Å². The molecule has 0 aliphatic carbocycles. The third kappa shape index (κ3) is 11.8. The van der Waals surface area contributed by atoms with Crippen LogP contribution in [-0.4, -0.2) is 92.2 Å². The van der Waals surface area contributed by atoms with Crippen LogP contribution in [0.15, 0.2) is 128 Å². The Hall–Kier alpha value is -7.33. The summed E-state index contributed by atoms with van der Waals surface area (Å²) >= 11 is 0. The van der Waals surface area contributed by atoms with Crippen LogP contribution in [0.1, 0.15) is 0 Å². The normalized spacial score (nSPS) is 10.6. The van der Waals surface area contributed by atoms with Gasteiger partial charge in [0, 0.05) is 57.9 Å². The quantitative estimate of drug-likeness (QED) is 0.0821. The lowest BCUT2D eigenvalue weighted by molar-refractivity contribution is 0.238. The van der Waals surface area contributed by atoms with Gasteiger partial charge in [-0.3, -0.25) is 34.8 Å². The molecule has 0 fully saturated rings. The van der Waals surface area contributed by atoms with E-state index in [1.54, 1.807) is 73.6 Å². The van der Waals surface area contributed by atoms with Gasteiger partial charge in [0.25, 0.3) is 0 Å². The molecule has 0 atom stereocenters. The Bertz CT molecular complexity index is 1860. The van der Waals surface area contributed by atoms with Crippen molar-refractivity contribution in [1.29, 1.82) is 0 Å². The number of aromatic nitrogens is 6. The zero-order chi connectivity index (χ0) is 38.1. The first-order chi connectivity index (χ1) is 27.0. The van der Waals surface area contributed by atoms with Crippen molar-refractivity contribution in [2.45, 2.75) is 0 Å². The molecule has 0 radical (unpaired) electrons. The van der Waals surface area contributed by atoms with Gasteiger partial charge < -0.3 is 31.9 Å². The van der Waals surface area contributed by atoms with E-state index < -0.39 is 18.1 Å². The lowest BCUT2D eigenvalue weighted by atomic mass is 10.2. The molecule has 0 bridgehead atoms. The Morgan fingerprint density at radius 3 is 0.964 bits per heavy atom. The van der Waals surface area contributed by atoms with Gasteiger partial charge in [-0.25, -0.2) is 14.4 Å². The van der Waals surface area contributed by atoms with Crippen molar-refractivity contribution in [2.75, 3.05) is 55.2 Å². The van der Waals surface area contributed by atoms with Crippen LogP contribution in [0.3, 0.4) is 0 Å². The second kappa shape index (κ2) is 19.5. The largest absolute Gasteiger partial charge is 0.337 e. The van der Waals surface area contributed by atoms with E-state index in [1.807, 2.05) is 59.5 Å². The Morgan fingerprint density at radius 1 is 0.400 bits per heavy atom. The minimum Gasteiger partial charge on any atom is -0.337 e. The fourth-order valence-corrected chi connectivity index (χ4v) is 5.24. The van der Waals surface area contributed by atoms with Gasteiger partial charge in [-0.05, 0) is 72.8 Å². The number of rotatable bonds is 15. The number of amides is 6. The molecule has 0 spiro atoms. The monoisotopic (exact) mass is 737 g/mol. The number of hydrogen-bond acceptors (Lipinski definition) is 10. The van der Waals surface area contributed by atoms with E-state index in [-0.39, 0.29) is 0 Å². The van der Waals surface area contributed by atoms with Crippen molar-refractivity contribution in [2.24, 2.45) is 0 Å². The number of anilines is 3. The molecule has 6 heterocycles. The molecule has 6 aromatic rings. The van der Waals surface area contributed by atoms with Gasteiger partial charge >= 0.3 is 18.1 Å². The minimum atomic E-state index is -0.396. The Kier molecular flexibility index (Phi) is 13.3. The van der Waals surface area contributed by atoms with Crippen LogP contribution in [0.4, 0.5) is 31.4 Å². The van der Waals surface area contributed by atoms with Crippen LogP contribution < -0.4 is 31.9 Å². The molecule has 6 aromatic heterocycles. The predicted octanol–water partition coefficient (Wildman–Crippen LogP) is 5.12. The molecule has 0 aliphatic rings. The number of carbonyl (C=O) groups excluding carboxylic acids is 3. The average molecular weight is 738 g/mol. The highest BCUT2D eigenvalue weighted by Crippen LogP contribution is 2.18. The third-order valence-electron chi connectivity index (χ3n) is 7.99. The van der Waals surface area contributed by atoms with Gasteiger partial charge in [0.2, 0.25) is 0 Å². The molecule has 0 saturated heterocycles. The molecular weight excluding hydrogens is 699 g/mol. The molecule has 6 N–H and O–H groups in total. The molecule has 55 heavy (non-hydrogen) atoms. The van der Waals surface area contributed by atoms with E-state index in [4.69, 9.17) is 0 Å². The molecule has 0 aliphatic heterocycles. The van der Waals surface area contributed by atoms with Gasteiger partial charge in [-0.15, -0.1) is 0 Å². The molecule has 278 valence electrons. The van der Waals surface area contributed by atoms with Gasteiger partial charge in [0.05, 0.1) is 69.8 Å². The Balaban J connectivity index is 0.968. The highest BCUT2D eigenvalue weighted by Gasteiger charge is 2.11. The second-order valence-electron chi connectivity index (χ2n) is 11.9. The van der Waals surface area contributed by atoms with Gasteiger partial charge in [-0.2, -0.15) is 0 Å². The molecule has 0 saturated carbocycles. The van der Waals surface area contributed by atoms with Gasteiger partial charge in [-0.1, -0.05) is 18.2 Å². The molecule has 6 amide bonds. The smallest absolute Gasteiger partial charge is 0.319 e. The standard InChI is InChI=1S/C39H39N13O3/c53-37(49-28-10-13-34(46-25-28)31-7-1-4-16-40-31)43-19-22-52(23-20-44-38(54)50-29-11-14-35(47-26-29)32-8-2-5-17-41-32)24-21-45-39(55)51-30-12-15-36(48-27-30)33-9-3-6-18-42-33/h1-18,25-27H,19-24H2,(H2,43,49,53)(H2,44,50,54)(H2,45,51,55). The van der Waals surface area contributed by atoms with Crippen molar-refractivity contribution >= 4 is 35.2 Å². The summed E-state index contributed by atoms with van der Waals surface area (Å²) in [5.41, 5.74) is 5.87. The van der Waals surface area contributed by atoms with Crippen LogP contribution in [0, 0.1) is 0 Å². The third-order valence-corrected chi connectivity index (χ3v) is 7.99. The number of carbonyl (C=O) groups is 3. The highest BCUT2D eigenvalue weighted by atomic mass is 16.2. The lowest BCUT2D eigenvalue weighted by Gasteiger charge is -2.23. The fraction of sp³-hybridized carbons (Fsp3) is 0.154. The van der Waals surface area contributed by atoms with Crippen LogP contribution in [0.5, 0.6) is 0 Å². The van der Waals surface area contributed by atoms with Crippen LogP contribution in [0.2, 0.25) is 0 Å². The maximum Gasteiger partial charge on any atom is 0.319 e. The molecule has 6 rings (SSSR count). The maximum absolute atomic E-state index is 12.7. The second-order valence-corrected chi connectivity index (χ2v) is 11.9. The zero-order valence-corrected chi connectivity index (χ0v) is 29.7. The summed E-state index contributed by atoms with van der Waals surface area (Å²) < 4.78 is 0. The van der Waals surface area contributed by atoms with Crippen LogP contribution >= 0.6 is 0 Å². The van der Waals surface area contributed by atoms with Crippen LogP contribution in [-0.2, 0) is 0 Å². The van der Waals surface area contributed by atoms with Crippen molar-refractivity contribution in [1.82, 2.24) is 50.8 Å². The van der Waals surface area contributed by atoms with Crippen LogP contribution in [0.25, 0.3) is 34.2 Å². The molecule has 16 heteroatoms. The van der Waals surface area contributed by atoms with E-state index in [9.17, 15) is 14.4 Å². The Labute approximate surface area is 317 Å². The summed E-state index contributed by atoms with van der Waals surface area (Å²) in [5, 5.41) is 16.9. The number of nitrogens with zero attached hydrogens (tertiary/aromatic N) is 7. The minimum absolute atomic E-state index is 0.298. The van der Waals surface area contributed by atoms with Crippen molar-refractivity contribution < 1.29 is 14.4 Å². The summed E-state index contributed by atoms with van der Waals surface area (Å²) in [4.78, 5) is 66.1. The zero-order valence-electron chi connectivity index (χ0n) is 29.7. The first kappa shape index (κ1) is 37.4. The fourth-order valence-electron chi connectivity index (χ4n) is 5.24. The average Bonchev–Trinajstić information content (AvgIpc) is 3.22. The summed E-state index contributed by atoms with van der Waals surface area (Å²) in [5.74, 6) is 0. The van der Waals surface area contributed by atoms with Gasteiger partial charge in [0.1, 0.15) is 0 Å². The van der Waals surface area contributed by atoms with E-state index in [1.165, 1.54) is 0 Å². The molecule has 16 nitrogen and oxygen atoms in total. The SMILES string of the molecule is O=C(NCCN(CCNC(=O)Nc1ccc(-c2ccccn2)nc1)CCNC(=O)Nc1ccc(-c2ccccn2)nc1)Nc1ccc(-c2ccccn2)nc1. The first-order valence-electron chi connectivity index (χ1n) is 17.5. The Morgan fingerprint density at radius 2 is 0.709 bits per heavy atom. The molecular formula is C39H39N13O3. The van der Waals surface area contributed by atoms with Gasteiger partial charge in [0.15, 0.2) is 0 Å². The predicted molar refractivity (Wildman–Crippen MR) is 210 cm³/mol. The number of urea groups is 3. The van der Waals surface area contributed by atoms with Crippen molar-refractivity contribution in [3.05, 3.63) is 128 Å². The van der Waals surface area contributed by atoms with E-state index in [0.717, 1.165) is 17.1 Å². The summed E-state index contributed by atoms with van der Waals surface area (Å²) in [7, 11) is 0. The summed E-state index contributed by atoms with van der Waals surface area (Å²) in [6.07, 6.45) is 9.79. The van der Waals surface area contributed by atoms with Crippen molar-refractivity contribution in [3.63, 3.8) is 0 Å². The summed E-state index contributed by atoms with van der Waals surface area (Å²) in [6, 6.07) is 26.2. The maximum atomic E-state index is 12.7. The lowest BCUT2D eigenvalue weighted by Crippen LogP contribution is -2.44. The first-order valence-corrected chi connectivity index (χ1v) is 17.5. The number of nitrogens with one attached hydrogen (secondary N) is 6. The number of hydrogen-bond donors (Lipinski definition) is 6.